The van der Waals surface area contributed by atoms with Crippen LogP contribution in [0.25, 0.3) is 0 Å². The van der Waals surface area contributed by atoms with Gasteiger partial charge in [-0.3, -0.25) is 4.79 Å². The van der Waals surface area contributed by atoms with Crippen molar-refractivity contribution in [1.29, 1.82) is 0 Å². The quantitative estimate of drug-likeness (QED) is 0.566. The number of unbranched alkanes of at least 4 members (excludes halogenated alkanes) is 2. The van der Waals surface area contributed by atoms with Crippen LogP contribution in [0.2, 0.25) is 0 Å². The molecular weight excluding hydrogens is 202 g/mol. The third-order valence-corrected chi connectivity index (χ3v) is 2.66. The maximum Gasteiger partial charge on any atom is 0.303 e. The summed E-state index contributed by atoms with van der Waals surface area (Å²) in [5.74, 6) is 0.168. The van der Waals surface area contributed by atoms with Gasteiger partial charge < -0.3 is 10.4 Å². The highest BCUT2D eigenvalue weighted by atomic mass is 16.4. The second-order valence-electron chi connectivity index (χ2n) is 5.00. The van der Waals surface area contributed by atoms with E-state index >= 15 is 0 Å². The summed E-state index contributed by atoms with van der Waals surface area (Å²) < 4.78 is 0. The molecule has 0 rings (SSSR count). The molecule has 0 aromatic carbocycles. The second-order valence-corrected chi connectivity index (χ2v) is 5.00. The molecule has 0 aromatic rings. The molecule has 1 atom stereocenters. The fourth-order valence-corrected chi connectivity index (χ4v) is 1.96. The number of hydrogen-bond acceptors (Lipinski definition) is 2. The zero-order valence-corrected chi connectivity index (χ0v) is 11.0. The van der Waals surface area contributed by atoms with E-state index < -0.39 is 5.97 Å². The molecule has 0 saturated carbocycles. The van der Waals surface area contributed by atoms with E-state index in [0.717, 1.165) is 19.5 Å². The molecule has 0 radical (unpaired) electrons. The van der Waals surface area contributed by atoms with Gasteiger partial charge in [-0.15, -0.1) is 0 Å². The first-order valence-electron chi connectivity index (χ1n) is 6.48. The molecule has 0 saturated heterocycles. The lowest BCUT2D eigenvalue weighted by molar-refractivity contribution is -0.138. The van der Waals surface area contributed by atoms with Crippen molar-refractivity contribution >= 4 is 5.97 Å². The fraction of sp³-hybridized carbons (Fsp3) is 0.923. The predicted molar refractivity (Wildman–Crippen MR) is 67.6 cm³/mol. The lowest BCUT2D eigenvalue weighted by Gasteiger charge is -2.17. The van der Waals surface area contributed by atoms with Crippen LogP contribution in [0.15, 0.2) is 0 Å². The van der Waals surface area contributed by atoms with E-state index in [4.69, 9.17) is 5.11 Å². The smallest absolute Gasteiger partial charge is 0.303 e. The van der Waals surface area contributed by atoms with Crippen molar-refractivity contribution in [3.05, 3.63) is 0 Å². The van der Waals surface area contributed by atoms with Gasteiger partial charge in [0, 0.05) is 6.42 Å². The largest absolute Gasteiger partial charge is 0.481 e. The Balaban J connectivity index is 3.69. The van der Waals surface area contributed by atoms with Crippen molar-refractivity contribution in [2.45, 2.75) is 52.9 Å². The first kappa shape index (κ1) is 15.4. The SMILES string of the molecule is CCCCCNCC(CC(=O)O)CC(C)C. The third-order valence-electron chi connectivity index (χ3n) is 2.66. The van der Waals surface area contributed by atoms with Crippen molar-refractivity contribution < 1.29 is 9.90 Å². The maximum absolute atomic E-state index is 10.7. The van der Waals surface area contributed by atoms with E-state index in [2.05, 4.69) is 26.1 Å². The average Bonchev–Trinajstić information content (AvgIpc) is 2.15. The van der Waals surface area contributed by atoms with Crippen molar-refractivity contribution in [3.63, 3.8) is 0 Å². The molecule has 3 nitrogen and oxygen atoms in total. The minimum absolute atomic E-state index is 0.277. The average molecular weight is 229 g/mol. The van der Waals surface area contributed by atoms with E-state index in [1.165, 1.54) is 19.3 Å². The van der Waals surface area contributed by atoms with E-state index in [-0.39, 0.29) is 5.92 Å². The van der Waals surface area contributed by atoms with Gasteiger partial charge >= 0.3 is 5.97 Å². The molecule has 2 N–H and O–H groups in total. The fourth-order valence-electron chi connectivity index (χ4n) is 1.96. The van der Waals surface area contributed by atoms with Gasteiger partial charge in [0.2, 0.25) is 0 Å². The standard InChI is InChI=1S/C13H27NO2/c1-4-5-6-7-14-10-12(8-11(2)3)9-13(15)16/h11-12,14H,4-10H2,1-3H3,(H,15,16). The zero-order chi connectivity index (χ0) is 12.4. The molecule has 0 amide bonds. The van der Waals surface area contributed by atoms with Gasteiger partial charge in [0.1, 0.15) is 0 Å². The Kier molecular flexibility index (Phi) is 9.30. The first-order chi connectivity index (χ1) is 7.56. The molecule has 3 heteroatoms. The van der Waals surface area contributed by atoms with Gasteiger partial charge in [-0.25, -0.2) is 0 Å². The van der Waals surface area contributed by atoms with Crippen LogP contribution in [0.3, 0.4) is 0 Å². The second kappa shape index (κ2) is 9.64. The molecule has 0 fully saturated rings. The van der Waals surface area contributed by atoms with Gasteiger partial charge in [0.25, 0.3) is 0 Å². The summed E-state index contributed by atoms with van der Waals surface area (Å²) in [6.45, 7) is 8.33. The van der Waals surface area contributed by atoms with Crippen LogP contribution >= 0.6 is 0 Å². The monoisotopic (exact) mass is 229 g/mol. The van der Waals surface area contributed by atoms with E-state index in [1.54, 1.807) is 0 Å². The van der Waals surface area contributed by atoms with Gasteiger partial charge in [-0.2, -0.15) is 0 Å². The predicted octanol–water partition coefficient (Wildman–Crippen LogP) is 2.90. The van der Waals surface area contributed by atoms with Gasteiger partial charge in [0.05, 0.1) is 0 Å². The highest BCUT2D eigenvalue weighted by Crippen LogP contribution is 2.14. The summed E-state index contributed by atoms with van der Waals surface area (Å²) in [6, 6.07) is 0. The summed E-state index contributed by atoms with van der Waals surface area (Å²) in [4.78, 5) is 10.7. The minimum atomic E-state index is -0.680. The molecule has 0 bridgehead atoms. The van der Waals surface area contributed by atoms with E-state index in [1.807, 2.05) is 0 Å². The summed E-state index contributed by atoms with van der Waals surface area (Å²) >= 11 is 0. The third kappa shape index (κ3) is 9.97. The van der Waals surface area contributed by atoms with E-state index in [0.29, 0.717) is 12.3 Å². The Morgan fingerprint density at radius 2 is 2.00 bits per heavy atom. The summed E-state index contributed by atoms with van der Waals surface area (Å²) in [7, 11) is 0. The van der Waals surface area contributed by atoms with Crippen molar-refractivity contribution in [2.24, 2.45) is 11.8 Å². The highest BCUT2D eigenvalue weighted by Gasteiger charge is 2.14. The van der Waals surface area contributed by atoms with Gasteiger partial charge in [-0.1, -0.05) is 33.6 Å². The lowest BCUT2D eigenvalue weighted by atomic mass is 9.94. The molecule has 0 aromatic heterocycles. The molecule has 0 heterocycles. The Bertz CT molecular complexity index is 181. The Morgan fingerprint density at radius 1 is 1.31 bits per heavy atom. The number of carbonyl (C=O) groups is 1. The van der Waals surface area contributed by atoms with Crippen LogP contribution < -0.4 is 5.32 Å². The Labute approximate surface area is 99.6 Å². The molecule has 0 aliphatic heterocycles. The van der Waals surface area contributed by atoms with Crippen LogP contribution in [0.1, 0.15) is 52.9 Å². The molecule has 0 spiro atoms. The van der Waals surface area contributed by atoms with Crippen LogP contribution in [0.5, 0.6) is 0 Å². The molecule has 0 aliphatic rings. The first-order valence-corrected chi connectivity index (χ1v) is 6.48. The summed E-state index contributed by atoms with van der Waals surface area (Å²) in [5, 5.41) is 12.2. The lowest BCUT2D eigenvalue weighted by Crippen LogP contribution is -2.26. The molecule has 16 heavy (non-hydrogen) atoms. The topological polar surface area (TPSA) is 49.3 Å². The van der Waals surface area contributed by atoms with Crippen LogP contribution in [-0.2, 0) is 4.79 Å². The number of carboxylic acid groups (broad SMARTS) is 1. The summed E-state index contributed by atoms with van der Waals surface area (Å²) in [6.07, 6.45) is 4.96. The molecule has 0 aliphatic carbocycles. The number of nitrogens with one attached hydrogen (secondary N) is 1. The van der Waals surface area contributed by atoms with Crippen LogP contribution in [0.4, 0.5) is 0 Å². The van der Waals surface area contributed by atoms with E-state index in [9.17, 15) is 4.79 Å². The minimum Gasteiger partial charge on any atom is -0.481 e. The van der Waals surface area contributed by atoms with Crippen molar-refractivity contribution in [1.82, 2.24) is 5.32 Å². The normalized spacial score (nSPS) is 13.0. The molecular formula is C13H27NO2. The number of aliphatic carboxylic acids is 1. The van der Waals surface area contributed by atoms with Crippen molar-refractivity contribution in [2.75, 3.05) is 13.1 Å². The summed E-state index contributed by atoms with van der Waals surface area (Å²) in [5.41, 5.74) is 0. The van der Waals surface area contributed by atoms with Gasteiger partial charge in [0.15, 0.2) is 0 Å². The number of rotatable bonds is 10. The van der Waals surface area contributed by atoms with Crippen LogP contribution in [0, 0.1) is 11.8 Å². The molecule has 1 unspecified atom stereocenters. The Hall–Kier alpha value is -0.570. The van der Waals surface area contributed by atoms with Crippen molar-refractivity contribution in [3.8, 4) is 0 Å². The maximum atomic E-state index is 10.7. The number of carboxylic acids is 1. The van der Waals surface area contributed by atoms with Gasteiger partial charge in [-0.05, 0) is 37.8 Å². The van der Waals surface area contributed by atoms with Crippen LogP contribution in [-0.4, -0.2) is 24.2 Å². The molecule has 96 valence electrons. The highest BCUT2D eigenvalue weighted by molar-refractivity contribution is 5.67. The zero-order valence-electron chi connectivity index (χ0n) is 11.0. The Morgan fingerprint density at radius 3 is 2.50 bits per heavy atom. The number of hydrogen-bond donors (Lipinski definition) is 2.